The van der Waals surface area contributed by atoms with Gasteiger partial charge in [-0.15, -0.1) is 0 Å². The summed E-state index contributed by atoms with van der Waals surface area (Å²) in [6.45, 7) is 0.745. The summed E-state index contributed by atoms with van der Waals surface area (Å²) in [6.07, 6.45) is 1.02. The normalized spacial score (nSPS) is 25.4. The summed E-state index contributed by atoms with van der Waals surface area (Å²) < 4.78 is 0. The molecule has 3 aliphatic rings. The van der Waals surface area contributed by atoms with Crippen LogP contribution in [0.15, 0.2) is 54.6 Å². The van der Waals surface area contributed by atoms with Crippen molar-refractivity contribution in [2.75, 3.05) is 25.5 Å². The van der Waals surface area contributed by atoms with E-state index in [-0.39, 0.29) is 23.8 Å². The number of carbonyl (C=O) groups excluding carboxylic acids is 3. The standard InChI is InChI=1S/C23H23N3O3/c1-24-20(27)23(21(28)25(2)22(24)29)13-16-10-6-7-11-18(16)26-14-17(12-19(23)26)15-8-4-3-5-9-15/h3-11,17,19H,12-14H2,1-2H3/t17-,19+/m1/s1. The van der Waals surface area contributed by atoms with E-state index in [9.17, 15) is 14.4 Å². The molecule has 1 spiro atoms. The lowest BCUT2D eigenvalue weighted by atomic mass is 9.67. The van der Waals surface area contributed by atoms with E-state index in [2.05, 4.69) is 23.1 Å². The number of amides is 4. The van der Waals surface area contributed by atoms with Gasteiger partial charge in [0.2, 0.25) is 11.8 Å². The lowest BCUT2D eigenvalue weighted by molar-refractivity contribution is -0.159. The van der Waals surface area contributed by atoms with Crippen molar-refractivity contribution < 1.29 is 14.4 Å². The maximum absolute atomic E-state index is 13.5. The molecule has 0 saturated carbocycles. The van der Waals surface area contributed by atoms with Crippen molar-refractivity contribution in [3.8, 4) is 0 Å². The molecule has 3 heterocycles. The van der Waals surface area contributed by atoms with E-state index in [0.29, 0.717) is 12.8 Å². The highest BCUT2D eigenvalue weighted by molar-refractivity contribution is 6.20. The first-order valence-corrected chi connectivity index (χ1v) is 9.95. The van der Waals surface area contributed by atoms with E-state index in [1.807, 2.05) is 36.4 Å². The van der Waals surface area contributed by atoms with Gasteiger partial charge in [-0.3, -0.25) is 19.4 Å². The Labute approximate surface area is 169 Å². The third kappa shape index (κ3) is 2.32. The van der Waals surface area contributed by atoms with Crippen molar-refractivity contribution in [2.24, 2.45) is 5.41 Å². The third-order valence-corrected chi connectivity index (χ3v) is 6.86. The minimum absolute atomic E-state index is 0.220. The summed E-state index contributed by atoms with van der Waals surface area (Å²) >= 11 is 0. The van der Waals surface area contributed by atoms with Gasteiger partial charge < -0.3 is 4.90 Å². The van der Waals surface area contributed by atoms with Crippen LogP contribution in [0.2, 0.25) is 0 Å². The number of imide groups is 2. The molecule has 2 aromatic carbocycles. The zero-order chi connectivity index (χ0) is 20.3. The quantitative estimate of drug-likeness (QED) is 0.704. The van der Waals surface area contributed by atoms with Gasteiger partial charge in [-0.25, -0.2) is 4.79 Å². The Morgan fingerprint density at radius 3 is 2.17 bits per heavy atom. The monoisotopic (exact) mass is 389 g/mol. The lowest BCUT2D eigenvalue weighted by Gasteiger charge is -2.50. The first kappa shape index (κ1) is 17.9. The lowest BCUT2D eigenvalue weighted by Crippen LogP contribution is -2.70. The fraction of sp³-hybridized carbons (Fsp3) is 0.348. The minimum Gasteiger partial charge on any atom is -0.366 e. The van der Waals surface area contributed by atoms with Gasteiger partial charge in [0.05, 0.1) is 6.04 Å². The summed E-state index contributed by atoms with van der Waals surface area (Å²) in [5, 5.41) is 0. The first-order chi connectivity index (χ1) is 13.9. The van der Waals surface area contributed by atoms with Crippen LogP contribution in [0.25, 0.3) is 0 Å². The van der Waals surface area contributed by atoms with E-state index < -0.39 is 11.4 Å². The molecule has 0 N–H and O–H groups in total. The second-order valence-corrected chi connectivity index (χ2v) is 8.30. The van der Waals surface area contributed by atoms with Crippen LogP contribution < -0.4 is 4.90 Å². The van der Waals surface area contributed by atoms with Gasteiger partial charge in [0, 0.05) is 32.2 Å². The summed E-state index contributed by atoms with van der Waals surface area (Å²) in [5.74, 6) is -0.550. The largest absolute Gasteiger partial charge is 0.366 e. The van der Waals surface area contributed by atoms with Crippen molar-refractivity contribution in [1.29, 1.82) is 0 Å². The molecule has 2 saturated heterocycles. The number of barbiturate groups is 1. The Hall–Kier alpha value is -3.15. The molecule has 148 valence electrons. The molecule has 6 heteroatoms. The van der Waals surface area contributed by atoms with Crippen molar-refractivity contribution in [3.05, 3.63) is 65.7 Å². The van der Waals surface area contributed by atoms with Crippen molar-refractivity contribution in [2.45, 2.75) is 24.8 Å². The first-order valence-electron chi connectivity index (χ1n) is 9.95. The van der Waals surface area contributed by atoms with Crippen LogP contribution in [0, 0.1) is 5.41 Å². The van der Waals surface area contributed by atoms with Crippen molar-refractivity contribution in [1.82, 2.24) is 9.80 Å². The van der Waals surface area contributed by atoms with Crippen LogP contribution in [-0.2, 0) is 16.0 Å². The average molecular weight is 389 g/mol. The fourth-order valence-electron chi connectivity index (χ4n) is 5.42. The van der Waals surface area contributed by atoms with Crippen molar-refractivity contribution >= 4 is 23.5 Å². The van der Waals surface area contributed by atoms with Crippen LogP contribution in [0.3, 0.4) is 0 Å². The van der Waals surface area contributed by atoms with E-state index in [4.69, 9.17) is 0 Å². The van der Waals surface area contributed by atoms with Crippen LogP contribution in [0.4, 0.5) is 10.5 Å². The van der Waals surface area contributed by atoms with Crippen LogP contribution in [0.1, 0.15) is 23.5 Å². The predicted molar refractivity (Wildman–Crippen MR) is 108 cm³/mol. The molecule has 0 unspecified atom stereocenters. The highest BCUT2D eigenvalue weighted by Crippen LogP contribution is 2.51. The van der Waals surface area contributed by atoms with Gasteiger partial charge in [-0.2, -0.15) is 0 Å². The molecule has 0 aromatic heterocycles. The van der Waals surface area contributed by atoms with Gasteiger partial charge in [0.25, 0.3) is 0 Å². The average Bonchev–Trinajstić information content (AvgIpc) is 3.22. The zero-order valence-corrected chi connectivity index (χ0v) is 16.5. The summed E-state index contributed by atoms with van der Waals surface area (Å²) in [4.78, 5) is 43.8. The van der Waals surface area contributed by atoms with E-state index >= 15 is 0 Å². The number of urea groups is 1. The molecule has 2 atom stereocenters. The topological polar surface area (TPSA) is 60.9 Å². The molecule has 0 bridgehead atoms. The molecule has 2 aromatic rings. The number of carbonyl (C=O) groups is 3. The van der Waals surface area contributed by atoms with Gasteiger partial charge >= 0.3 is 6.03 Å². The van der Waals surface area contributed by atoms with Crippen molar-refractivity contribution in [3.63, 3.8) is 0 Å². The third-order valence-electron chi connectivity index (χ3n) is 6.86. The number of fused-ring (bicyclic) bond motifs is 4. The van der Waals surface area contributed by atoms with E-state index in [1.54, 1.807) is 0 Å². The molecular weight excluding hydrogens is 366 g/mol. The van der Waals surface area contributed by atoms with Gasteiger partial charge in [0.1, 0.15) is 0 Å². The van der Waals surface area contributed by atoms with Gasteiger partial charge in [-0.05, 0) is 30.0 Å². The second-order valence-electron chi connectivity index (χ2n) is 8.30. The maximum Gasteiger partial charge on any atom is 0.332 e. The number of benzene rings is 2. The molecule has 5 rings (SSSR count). The zero-order valence-electron chi connectivity index (χ0n) is 16.5. The molecule has 0 aliphatic carbocycles. The number of para-hydroxylation sites is 1. The number of anilines is 1. The SMILES string of the molecule is CN1C(=O)N(C)C(=O)C2(Cc3ccccc3N3C[C@H](c4ccccc4)C[C@H]32)C1=O. The Bertz CT molecular complexity index is 995. The predicted octanol–water partition coefficient (Wildman–Crippen LogP) is 2.64. The highest BCUT2D eigenvalue weighted by atomic mass is 16.2. The molecule has 0 radical (unpaired) electrons. The Kier molecular flexibility index (Phi) is 3.81. The summed E-state index contributed by atoms with van der Waals surface area (Å²) in [6, 6.07) is 17.4. The van der Waals surface area contributed by atoms with Crippen LogP contribution in [-0.4, -0.2) is 54.3 Å². The molecule has 3 aliphatic heterocycles. The Balaban J connectivity index is 1.66. The highest BCUT2D eigenvalue weighted by Gasteiger charge is 2.64. The Morgan fingerprint density at radius 2 is 1.48 bits per heavy atom. The molecule has 4 amide bonds. The molecule has 2 fully saturated rings. The minimum atomic E-state index is -1.27. The molecular formula is C23H23N3O3. The van der Waals surface area contributed by atoms with Gasteiger partial charge in [-0.1, -0.05) is 48.5 Å². The summed E-state index contributed by atoms with van der Waals surface area (Å²) in [7, 11) is 2.95. The number of rotatable bonds is 1. The smallest absolute Gasteiger partial charge is 0.332 e. The maximum atomic E-state index is 13.5. The van der Waals surface area contributed by atoms with Crippen LogP contribution in [0.5, 0.6) is 0 Å². The van der Waals surface area contributed by atoms with E-state index in [0.717, 1.165) is 27.6 Å². The van der Waals surface area contributed by atoms with Crippen LogP contribution >= 0.6 is 0 Å². The fourth-order valence-corrected chi connectivity index (χ4v) is 5.42. The number of hydrogen-bond acceptors (Lipinski definition) is 4. The molecule has 29 heavy (non-hydrogen) atoms. The number of hydrogen-bond donors (Lipinski definition) is 0. The summed E-state index contributed by atoms with van der Waals surface area (Å²) in [5.41, 5.74) is 2.01. The second kappa shape index (κ2) is 6.17. The van der Waals surface area contributed by atoms with E-state index in [1.165, 1.54) is 19.7 Å². The molecule has 6 nitrogen and oxygen atoms in total. The van der Waals surface area contributed by atoms with Gasteiger partial charge in [0.15, 0.2) is 5.41 Å². The Morgan fingerprint density at radius 1 is 0.862 bits per heavy atom. The number of nitrogens with zero attached hydrogens (tertiary/aromatic N) is 3.